The van der Waals surface area contributed by atoms with Gasteiger partial charge in [0.1, 0.15) is 18.1 Å². The summed E-state index contributed by atoms with van der Waals surface area (Å²) in [5.41, 5.74) is 4.84. The van der Waals surface area contributed by atoms with Gasteiger partial charge in [0.15, 0.2) is 10.7 Å². The van der Waals surface area contributed by atoms with Gasteiger partial charge in [-0.05, 0) is 62.1 Å². The molecule has 0 spiro atoms. The Balaban J connectivity index is 1.35. The van der Waals surface area contributed by atoms with Crippen molar-refractivity contribution in [1.29, 1.82) is 0 Å². The number of anilines is 1. The zero-order valence-corrected chi connectivity index (χ0v) is 22.6. The molecule has 0 saturated heterocycles. The van der Waals surface area contributed by atoms with Crippen LogP contribution in [0, 0.1) is 13.8 Å². The van der Waals surface area contributed by atoms with Gasteiger partial charge in [0, 0.05) is 18.0 Å². The summed E-state index contributed by atoms with van der Waals surface area (Å²) in [5, 5.41) is 12.3. The van der Waals surface area contributed by atoms with E-state index in [9.17, 15) is 9.90 Å². The highest BCUT2D eigenvalue weighted by Gasteiger charge is 2.30. The molecular weight excluding hydrogens is 484 g/mol. The van der Waals surface area contributed by atoms with Crippen LogP contribution < -0.4 is 14.4 Å². The zero-order valence-electron chi connectivity index (χ0n) is 21.8. The first-order chi connectivity index (χ1) is 17.6. The average molecular weight is 517 g/mol. The summed E-state index contributed by atoms with van der Waals surface area (Å²) < 4.78 is 11.8. The van der Waals surface area contributed by atoms with Crippen LogP contribution in [0.2, 0.25) is 0 Å². The largest absolute Gasteiger partial charge is 0.491 e. The molecule has 0 aliphatic rings. The predicted molar refractivity (Wildman–Crippen MR) is 150 cm³/mol. The van der Waals surface area contributed by atoms with Crippen molar-refractivity contribution in [3.05, 3.63) is 83.2 Å². The molecule has 0 radical (unpaired) electrons. The van der Waals surface area contributed by atoms with Gasteiger partial charge in [0.25, 0.3) is 0 Å². The van der Waals surface area contributed by atoms with Gasteiger partial charge < -0.3 is 19.5 Å². The third-order valence-corrected chi connectivity index (χ3v) is 7.10. The summed E-state index contributed by atoms with van der Waals surface area (Å²) in [7, 11) is 2.01. The molecule has 37 heavy (non-hydrogen) atoms. The lowest BCUT2D eigenvalue weighted by atomic mass is 10.0. The first kappa shape index (κ1) is 26.2. The summed E-state index contributed by atoms with van der Waals surface area (Å²) >= 11 is 1.61. The summed E-state index contributed by atoms with van der Waals surface area (Å²) in [4.78, 5) is 18.3. The fourth-order valence-corrected chi connectivity index (χ4v) is 4.60. The number of nitrogens with zero attached hydrogens (tertiary/aromatic N) is 2. The van der Waals surface area contributed by atoms with Crippen LogP contribution in [0.15, 0.2) is 72.1 Å². The van der Waals surface area contributed by atoms with E-state index in [1.54, 1.807) is 11.3 Å². The maximum Gasteiger partial charge on any atom is 0.347 e. The number of aliphatic carboxylic acids is 1. The highest BCUT2D eigenvalue weighted by atomic mass is 32.1. The van der Waals surface area contributed by atoms with Crippen molar-refractivity contribution < 1.29 is 19.4 Å². The Hall–Kier alpha value is -3.84. The molecule has 0 amide bonds. The summed E-state index contributed by atoms with van der Waals surface area (Å²) in [6.45, 7) is 8.04. The molecule has 1 heterocycles. The number of carbonyl (C=O) groups is 1. The second-order valence-electron chi connectivity index (χ2n) is 9.53. The molecule has 0 aliphatic heterocycles. The first-order valence-corrected chi connectivity index (χ1v) is 13.0. The lowest BCUT2D eigenvalue weighted by Crippen LogP contribution is -2.38. The zero-order chi connectivity index (χ0) is 26.6. The molecule has 1 aromatic heterocycles. The summed E-state index contributed by atoms with van der Waals surface area (Å²) in [5.74, 6) is 0.286. The molecule has 0 atom stereocenters. The third kappa shape index (κ3) is 6.30. The van der Waals surface area contributed by atoms with Crippen molar-refractivity contribution >= 4 is 22.4 Å². The molecular formula is C30H32N2O4S. The van der Waals surface area contributed by atoms with Gasteiger partial charge >= 0.3 is 5.97 Å². The van der Waals surface area contributed by atoms with Crippen molar-refractivity contribution in [3.8, 4) is 33.9 Å². The van der Waals surface area contributed by atoms with Crippen LogP contribution in [-0.4, -0.2) is 41.9 Å². The normalized spacial score (nSPS) is 11.3. The molecule has 4 aromatic rings. The Kier molecular flexibility index (Phi) is 7.83. The van der Waals surface area contributed by atoms with Crippen molar-refractivity contribution in [1.82, 2.24) is 4.98 Å². The molecule has 0 bridgehead atoms. The van der Waals surface area contributed by atoms with E-state index in [2.05, 4.69) is 46.7 Å². The fourth-order valence-electron chi connectivity index (χ4n) is 3.77. The summed E-state index contributed by atoms with van der Waals surface area (Å²) in [6.07, 6.45) is 0. The minimum atomic E-state index is -1.31. The smallest absolute Gasteiger partial charge is 0.347 e. The number of ether oxygens (including phenoxy) is 2. The number of hydrogen-bond donors (Lipinski definition) is 1. The second kappa shape index (κ2) is 11.0. The number of rotatable bonds is 10. The number of thiazole rings is 1. The molecule has 192 valence electrons. The number of aryl methyl sites for hydroxylation is 2. The van der Waals surface area contributed by atoms with Gasteiger partial charge in [-0.2, -0.15) is 0 Å². The molecule has 3 aromatic carbocycles. The molecule has 4 rings (SSSR count). The van der Waals surface area contributed by atoms with E-state index in [0.717, 1.165) is 33.3 Å². The lowest BCUT2D eigenvalue weighted by molar-refractivity contribution is -0.152. The number of hydrogen-bond acceptors (Lipinski definition) is 6. The van der Waals surface area contributed by atoms with Gasteiger partial charge in [-0.3, -0.25) is 0 Å². The van der Waals surface area contributed by atoms with Crippen molar-refractivity contribution in [2.24, 2.45) is 0 Å². The van der Waals surface area contributed by atoms with Crippen LogP contribution in [0.25, 0.3) is 22.4 Å². The predicted octanol–water partition coefficient (Wildman–Crippen LogP) is 6.85. The topological polar surface area (TPSA) is 71.9 Å². The molecule has 1 N–H and O–H groups in total. The minimum absolute atomic E-state index is 0.484. The van der Waals surface area contributed by atoms with Gasteiger partial charge in [0.2, 0.25) is 0 Å². The van der Waals surface area contributed by atoms with E-state index in [1.165, 1.54) is 25.0 Å². The Morgan fingerprint density at radius 1 is 0.946 bits per heavy atom. The molecule has 0 saturated carbocycles. The maximum atomic E-state index is 11.4. The number of benzene rings is 3. The maximum absolute atomic E-state index is 11.4. The SMILES string of the molecule is Cc1cc(OC(C)(C)C(=O)O)c(C)cc1OCCN(C)c1nc(-c2ccc(-c3ccccc3)cc2)cs1. The van der Waals surface area contributed by atoms with Gasteiger partial charge in [-0.25, -0.2) is 9.78 Å². The monoisotopic (exact) mass is 516 g/mol. The van der Waals surface area contributed by atoms with E-state index >= 15 is 0 Å². The van der Waals surface area contributed by atoms with Crippen LogP contribution in [0.4, 0.5) is 5.13 Å². The molecule has 7 heteroatoms. The van der Waals surface area contributed by atoms with Gasteiger partial charge in [-0.15, -0.1) is 11.3 Å². The van der Waals surface area contributed by atoms with E-state index < -0.39 is 11.6 Å². The van der Waals surface area contributed by atoms with Crippen LogP contribution in [0.5, 0.6) is 11.5 Å². The standard InChI is InChI=1S/C30H32N2O4S/c1-20-18-27(36-30(3,4)28(33)34)21(2)17-26(20)35-16-15-32(5)29-31-25(19-37-29)24-13-11-23(12-14-24)22-9-7-6-8-10-22/h6-14,17-19H,15-16H2,1-5H3,(H,33,34). The molecule has 0 fully saturated rings. The Bertz CT molecular complexity index is 1360. The Morgan fingerprint density at radius 2 is 1.54 bits per heavy atom. The molecule has 0 unspecified atom stereocenters. The molecule has 0 aliphatic carbocycles. The van der Waals surface area contributed by atoms with Crippen LogP contribution in [-0.2, 0) is 4.79 Å². The van der Waals surface area contributed by atoms with Gasteiger partial charge in [0.05, 0.1) is 12.2 Å². The Labute approximate surface area is 222 Å². The molecule has 6 nitrogen and oxygen atoms in total. The first-order valence-electron chi connectivity index (χ1n) is 12.1. The van der Waals surface area contributed by atoms with E-state index in [0.29, 0.717) is 18.9 Å². The van der Waals surface area contributed by atoms with Crippen LogP contribution >= 0.6 is 11.3 Å². The van der Waals surface area contributed by atoms with Crippen LogP contribution in [0.3, 0.4) is 0 Å². The second-order valence-corrected chi connectivity index (χ2v) is 10.4. The fraction of sp³-hybridized carbons (Fsp3) is 0.267. The average Bonchev–Trinajstić information content (AvgIpc) is 3.38. The highest BCUT2D eigenvalue weighted by molar-refractivity contribution is 7.14. The van der Waals surface area contributed by atoms with Crippen molar-refractivity contribution in [2.75, 3.05) is 25.1 Å². The summed E-state index contributed by atoms with van der Waals surface area (Å²) in [6, 6.07) is 22.5. The number of carboxylic acids is 1. The van der Waals surface area contributed by atoms with Crippen molar-refractivity contribution in [3.63, 3.8) is 0 Å². The third-order valence-electron chi connectivity index (χ3n) is 6.14. The van der Waals surface area contributed by atoms with E-state index in [1.807, 2.05) is 51.2 Å². The number of carboxylic acid groups (broad SMARTS) is 1. The van der Waals surface area contributed by atoms with Crippen molar-refractivity contribution in [2.45, 2.75) is 33.3 Å². The number of likely N-dealkylation sites (N-methyl/N-ethyl adjacent to an activating group) is 1. The number of aromatic nitrogens is 1. The van der Waals surface area contributed by atoms with Gasteiger partial charge in [-0.1, -0.05) is 54.6 Å². The van der Waals surface area contributed by atoms with E-state index in [-0.39, 0.29) is 0 Å². The minimum Gasteiger partial charge on any atom is -0.491 e. The Morgan fingerprint density at radius 3 is 2.22 bits per heavy atom. The highest BCUT2D eigenvalue weighted by Crippen LogP contribution is 2.31. The quantitative estimate of drug-likeness (QED) is 0.248. The lowest BCUT2D eigenvalue weighted by Gasteiger charge is -2.24. The van der Waals surface area contributed by atoms with Crippen LogP contribution in [0.1, 0.15) is 25.0 Å². The van der Waals surface area contributed by atoms with E-state index in [4.69, 9.17) is 14.5 Å².